The number of benzene rings is 1. The van der Waals surface area contributed by atoms with Crippen molar-refractivity contribution in [2.45, 2.75) is 37.7 Å². The molecule has 30 heavy (non-hydrogen) atoms. The molecule has 1 aromatic heterocycles. The minimum Gasteiger partial charge on any atom is -0.493 e. The Hall–Kier alpha value is -2.62. The first kappa shape index (κ1) is 20.6. The van der Waals surface area contributed by atoms with Crippen LogP contribution in [-0.2, 0) is 20.0 Å². The SMILES string of the molecule is COc1c([C@@H]2[C@H](C)[C@H](C)O[C@H]2C(=O)Nc2ccnc(C3(N)CO3)c2)ccc(F)c1F. The lowest BCUT2D eigenvalue weighted by atomic mass is 9.82. The van der Waals surface area contributed by atoms with Crippen molar-refractivity contribution in [3.8, 4) is 5.75 Å². The van der Waals surface area contributed by atoms with Crippen LogP contribution in [0.15, 0.2) is 30.5 Å². The molecule has 9 heteroatoms. The molecule has 1 aromatic carbocycles. The van der Waals surface area contributed by atoms with Crippen LogP contribution in [0.2, 0.25) is 0 Å². The largest absolute Gasteiger partial charge is 0.493 e. The molecule has 3 N–H and O–H groups in total. The Morgan fingerprint density at radius 1 is 1.33 bits per heavy atom. The minimum atomic E-state index is -1.09. The number of nitrogens with zero attached hydrogens (tertiary/aromatic N) is 1. The quantitative estimate of drug-likeness (QED) is 0.723. The standard InChI is InChI=1S/C21H23F2N3O4/c1-10-11(2)30-19(16(10)13-4-5-14(22)17(23)18(13)28-3)20(27)26-12-6-7-25-15(8-12)21(24)9-29-21/h4-8,10-11,16,19H,9,24H2,1-3H3,(H,25,26,27)/t10-,11+,16+,19-,21?/m1/s1. The molecular weight excluding hydrogens is 396 g/mol. The highest BCUT2D eigenvalue weighted by atomic mass is 19.2. The van der Waals surface area contributed by atoms with Crippen molar-refractivity contribution in [1.29, 1.82) is 0 Å². The fourth-order valence-electron chi connectivity index (χ4n) is 3.87. The van der Waals surface area contributed by atoms with Gasteiger partial charge in [0.1, 0.15) is 6.10 Å². The summed E-state index contributed by atoms with van der Waals surface area (Å²) < 4.78 is 44.2. The Morgan fingerprint density at radius 3 is 2.73 bits per heavy atom. The molecule has 4 rings (SSSR count). The van der Waals surface area contributed by atoms with Gasteiger partial charge in [-0.1, -0.05) is 13.0 Å². The fourth-order valence-corrected chi connectivity index (χ4v) is 3.87. The smallest absolute Gasteiger partial charge is 0.254 e. The molecule has 0 radical (unpaired) electrons. The summed E-state index contributed by atoms with van der Waals surface area (Å²) in [6.45, 7) is 4.09. The first-order chi connectivity index (χ1) is 14.2. The third kappa shape index (κ3) is 3.53. The van der Waals surface area contributed by atoms with Crippen LogP contribution < -0.4 is 15.8 Å². The third-order valence-electron chi connectivity index (χ3n) is 5.81. The van der Waals surface area contributed by atoms with E-state index >= 15 is 0 Å². The average Bonchev–Trinajstić information content (AvgIpc) is 3.41. The summed E-state index contributed by atoms with van der Waals surface area (Å²) >= 11 is 0. The number of amides is 1. The molecule has 0 aliphatic carbocycles. The van der Waals surface area contributed by atoms with E-state index in [9.17, 15) is 13.6 Å². The number of halogens is 2. The summed E-state index contributed by atoms with van der Waals surface area (Å²) in [6, 6.07) is 5.73. The van der Waals surface area contributed by atoms with E-state index < -0.39 is 35.3 Å². The number of pyridine rings is 1. The number of hydrogen-bond donors (Lipinski definition) is 2. The Labute approximate surface area is 172 Å². The normalized spacial score (nSPS) is 30.2. The summed E-state index contributed by atoms with van der Waals surface area (Å²) in [5, 5.41) is 2.80. The van der Waals surface area contributed by atoms with Crippen molar-refractivity contribution >= 4 is 11.6 Å². The molecular formula is C21H23F2N3O4. The molecule has 2 aromatic rings. The van der Waals surface area contributed by atoms with Crippen molar-refractivity contribution in [3.63, 3.8) is 0 Å². The van der Waals surface area contributed by atoms with Gasteiger partial charge in [0.05, 0.1) is 25.5 Å². The number of nitrogens with one attached hydrogen (secondary N) is 1. The Balaban J connectivity index is 1.63. The third-order valence-corrected chi connectivity index (χ3v) is 5.81. The van der Waals surface area contributed by atoms with Crippen molar-refractivity contribution in [2.24, 2.45) is 11.7 Å². The van der Waals surface area contributed by atoms with Gasteiger partial charge in [0, 0.05) is 23.4 Å². The number of rotatable bonds is 5. The molecule has 5 atom stereocenters. The van der Waals surface area contributed by atoms with E-state index in [1.807, 2.05) is 13.8 Å². The van der Waals surface area contributed by atoms with Gasteiger partial charge < -0.3 is 19.5 Å². The number of aromatic nitrogens is 1. The molecule has 0 saturated carbocycles. The van der Waals surface area contributed by atoms with E-state index in [1.54, 1.807) is 12.1 Å². The molecule has 3 heterocycles. The number of hydrogen-bond acceptors (Lipinski definition) is 6. The topological polar surface area (TPSA) is 99.0 Å². The second-order valence-electron chi connectivity index (χ2n) is 7.73. The molecule has 7 nitrogen and oxygen atoms in total. The minimum absolute atomic E-state index is 0.139. The average molecular weight is 419 g/mol. The van der Waals surface area contributed by atoms with Crippen LogP contribution in [0.1, 0.15) is 31.0 Å². The summed E-state index contributed by atoms with van der Waals surface area (Å²) in [4.78, 5) is 17.3. The fraction of sp³-hybridized carbons (Fsp3) is 0.429. The molecule has 2 aliphatic rings. The van der Waals surface area contributed by atoms with Crippen molar-refractivity contribution in [1.82, 2.24) is 4.98 Å². The summed E-state index contributed by atoms with van der Waals surface area (Å²) in [7, 11) is 1.27. The van der Waals surface area contributed by atoms with Gasteiger partial charge in [0.15, 0.2) is 17.3 Å². The van der Waals surface area contributed by atoms with Crippen molar-refractivity contribution in [3.05, 3.63) is 53.4 Å². The molecule has 0 bridgehead atoms. The molecule has 2 aliphatic heterocycles. The number of methoxy groups -OCH3 is 1. The number of nitrogens with two attached hydrogens (primary N) is 1. The van der Waals surface area contributed by atoms with Crippen LogP contribution >= 0.6 is 0 Å². The molecule has 2 fully saturated rings. The highest BCUT2D eigenvalue weighted by molar-refractivity contribution is 5.95. The molecule has 0 spiro atoms. The van der Waals surface area contributed by atoms with Crippen molar-refractivity contribution < 1.29 is 27.8 Å². The highest BCUT2D eigenvalue weighted by Crippen LogP contribution is 2.45. The summed E-state index contributed by atoms with van der Waals surface area (Å²) in [5.74, 6) is -3.40. The van der Waals surface area contributed by atoms with Gasteiger partial charge in [0.25, 0.3) is 5.91 Å². The zero-order chi connectivity index (χ0) is 21.6. The predicted molar refractivity (Wildman–Crippen MR) is 104 cm³/mol. The van der Waals surface area contributed by atoms with E-state index in [4.69, 9.17) is 19.9 Å². The number of carbonyl (C=O) groups is 1. The zero-order valence-corrected chi connectivity index (χ0v) is 16.8. The number of carbonyl (C=O) groups excluding carboxylic acids is 1. The van der Waals surface area contributed by atoms with Crippen LogP contribution in [0.4, 0.5) is 14.5 Å². The molecule has 1 amide bonds. The summed E-state index contributed by atoms with van der Waals surface area (Å²) in [6.07, 6.45) is 0.329. The van der Waals surface area contributed by atoms with Crippen LogP contribution in [0.5, 0.6) is 5.75 Å². The van der Waals surface area contributed by atoms with Gasteiger partial charge in [-0.25, -0.2) is 4.39 Å². The van der Waals surface area contributed by atoms with E-state index in [2.05, 4.69) is 10.3 Å². The lowest BCUT2D eigenvalue weighted by Gasteiger charge is -2.23. The van der Waals surface area contributed by atoms with Crippen LogP contribution in [0, 0.1) is 17.6 Å². The maximum Gasteiger partial charge on any atom is 0.254 e. The van der Waals surface area contributed by atoms with E-state index in [1.165, 1.54) is 19.4 Å². The molecule has 2 saturated heterocycles. The predicted octanol–water partition coefficient (Wildman–Crippen LogP) is 2.66. The first-order valence-electron chi connectivity index (χ1n) is 9.62. The lowest BCUT2D eigenvalue weighted by Crippen LogP contribution is -2.33. The van der Waals surface area contributed by atoms with E-state index in [0.717, 1.165) is 6.07 Å². The summed E-state index contributed by atoms with van der Waals surface area (Å²) in [5.41, 5.74) is 6.44. The first-order valence-corrected chi connectivity index (χ1v) is 9.62. The monoisotopic (exact) mass is 419 g/mol. The lowest BCUT2D eigenvalue weighted by molar-refractivity contribution is -0.127. The van der Waals surface area contributed by atoms with E-state index in [0.29, 0.717) is 23.6 Å². The van der Waals surface area contributed by atoms with Crippen LogP contribution in [-0.4, -0.2) is 36.8 Å². The second kappa shape index (κ2) is 7.57. The van der Waals surface area contributed by atoms with Crippen molar-refractivity contribution in [2.75, 3.05) is 19.0 Å². The van der Waals surface area contributed by atoms with Gasteiger partial charge in [0.2, 0.25) is 5.82 Å². The van der Waals surface area contributed by atoms with Gasteiger partial charge in [-0.05, 0) is 31.0 Å². The maximum atomic E-state index is 14.3. The van der Waals surface area contributed by atoms with Gasteiger partial charge in [-0.2, -0.15) is 4.39 Å². The molecule has 160 valence electrons. The van der Waals surface area contributed by atoms with Gasteiger partial charge in [-0.3, -0.25) is 15.5 Å². The number of ether oxygens (including phenoxy) is 3. The maximum absolute atomic E-state index is 14.3. The van der Waals surface area contributed by atoms with Gasteiger partial charge >= 0.3 is 0 Å². The van der Waals surface area contributed by atoms with E-state index in [-0.39, 0.29) is 17.8 Å². The Kier molecular flexibility index (Phi) is 5.21. The Bertz CT molecular complexity index is 983. The second-order valence-corrected chi connectivity index (χ2v) is 7.73. The van der Waals surface area contributed by atoms with Crippen LogP contribution in [0.25, 0.3) is 0 Å². The van der Waals surface area contributed by atoms with Gasteiger partial charge in [-0.15, -0.1) is 0 Å². The highest BCUT2D eigenvalue weighted by Gasteiger charge is 2.47. The zero-order valence-electron chi connectivity index (χ0n) is 16.8. The Morgan fingerprint density at radius 2 is 2.07 bits per heavy atom. The van der Waals surface area contributed by atoms with Crippen LogP contribution in [0.3, 0.4) is 0 Å². The number of epoxide rings is 1. The number of anilines is 1. The molecule has 1 unspecified atom stereocenters.